The van der Waals surface area contributed by atoms with Gasteiger partial charge >= 0.3 is 0 Å². The van der Waals surface area contributed by atoms with Gasteiger partial charge in [0.25, 0.3) is 5.91 Å². The van der Waals surface area contributed by atoms with Gasteiger partial charge in [-0.15, -0.1) is 12.4 Å². The van der Waals surface area contributed by atoms with Gasteiger partial charge in [-0.2, -0.15) is 4.31 Å². The number of nitrogens with zero attached hydrogens (tertiary/aromatic N) is 2. The summed E-state index contributed by atoms with van der Waals surface area (Å²) in [6.45, 7) is 4.50. The molecule has 1 aromatic rings. The molecule has 3 rings (SSSR count). The van der Waals surface area contributed by atoms with Gasteiger partial charge in [-0.3, -0.25) is 9.69 Å². The van der Waals surface area contributed by atoms with Gasteiger partial charge in [-0.25, -0.2) is 12.8 Å². The Morgan fingerprint density at radius 2 is 1.81 bits per heavy atom. The summed E-state index contributed by atoms with van der Waals surface area (Å²) >= 11 is 0. The average Bonchev–Trinajstić information content (AvgIpc) is 2.73. The maximum atomic E-state index is 14.1. The van der Waals surface area contributed by atoms with Gasteiger partial charge in [0.2, 0.25) is 10.0 Å². The molecule has 1 saturated carbocycles. The molecule has 1 saturated heterocycles. The number of rotatable bonds is 7. The van der Waals surface area contributed by atoms with Crippen LogP contribution >= 0.6 is 12.4 Å². The molecule has 0 radical (unpaired) electrons. The number of hydrogen-bond acceptors (Lipinski definition) is 5. The molecule has 1 aromatic carbocycles. The molecule has 31 heavy (non-hydrogen) atoms. The predicted molar refractivity (Wildman–Crippen MR) is 123 cm³/mol. The number of nitrogens with one attached hydrogen (secondary N) is 1. The molecule has 0 aromatic heterocycles. The Bertz CT molecular complexity index is 834. The molecule has 2 aliphatic rings. The number of carbonyl (C=O) groups excluding carboxylic acids is 1. The fourth-order valence-corrected chi connectivity index (χ4v) is 6.25. The fraction of sp³-hybridized carbons (Fsp3) is 0.667. The third-order valence-electron chi connectivity index (χ3n) is 6.40. The van der Waals surface area contributed by atoms with Crippen molar-refractivity contribution in [1.82, 2.24) is 14.5 Å². The highest BCUT2D eigenvalue weighted by Gasteiger charge is 2.41. The smallest absolute Gasteiger partial charge is 0.256 e. The van der Waals surface area contributed by atoms with Gasteiger partial charge in [0.1, 0.15) is 5.82 Å². The number of halogens is 2. The third kappa shape index (κ3) is 5.88. The number of sulfonamides is 1. The second-order valence-corrected chi connectivity index (χ2v) is 10.5. The van der Waals surface area contributed by atoms with E-state index in [1.165, 1.54) is 18.2 Å². The Kier molecular flexibility index (Phi) is 9.12. The lowest BCUT2D eigenvalue weighted by Gasteiger charge is -2.49. The molecule has 1 heterocycles. The summed E-state index contributed by atoms with van der Waals surface area (Å²) in [7, 11) is -3.20. The summed E-state index contributed by atoms with van der Waals surface area (Å²) in [4.78, 5) is 15.0. The maximum absolute atomic E-state index is 14.1. The summed E-state index contributed by atoms with van der Waals surface area (Å²) in [6, 6.07) is 4.23. The van der Waals surface area contributed by atoms with Crippen LogP contribution in [0, 0.1) is 5.82 Å². The highest BCUT2D eigenvalue weighted by atomic mass is 35.5. The van der Waals surface area contributed by atoms with Gasteiger partial charge in [0, 0.05) is 44.0 Å². The van der Waals surface area contributed by atoms with Gasteiger partial charge in [-0.05, 0) is 31.4 Å². The van der Waals surface area contributed by atoms with Crippen molar-refractivity contribution in [1.29, 1.82) is 0 Å². The first-order valence-electron chi connectivity index (χ1n) is 10.8. The van der Waals surface area contributed by atoms with Crippen LogP contribution in [0.25, 0.3) is 0 Å². The molecule has 2 fully saturated rings. The summed E-state index contributed by atoms with van der Waals surface area (Å²) in [6.07, 6.45) is 5.75. The lowest BCUT2D eigenvalue weighted by Crippen LogP contribution is -2.62. The molecular formula is C21H34ClFN4O3S. The third-order valence-corrected chi connectivity index (χ3v) is 8.48. The molecule has 3 N–H and O–H groups in total. The molecule has 1 aliphatic carbocycles. The van der Waals surface area contributed by atoms with Crippen LogP contribution in [0.2, 0.25) is 0 Å². The van der Waals surface area contributed by atoms with Gasteiger partial charge in [0.05, 0.1) is 11.3 Å². The molecule has 0 unspecified atom stereocenters. The molecule has 1 aliphatic heterocycles. The maximum Gasteiger partial charge on any atom is 0.256 e. The van der Waals surface area contributed by atoms with Crippen LogP contribution in [-0.2, 0) is 10.0 Å². The second kappa shape index (κ2) is 10.9. The van der Waals surface area contributed by atoms with E-state index in [1.807, 2.05) is 6.92 Å². The number of nitrogen functional groups attached to an aromatic ring is 1. The largest absolute Gasteiger partial charge is 0.398 e. The van der Waals surface area contributed by atoms with E-state index in [0.29, 0.717) is 39.1 Å². The topological polar surface area (TPSA) is 95.7 Å². The number of amides is 1. The van der Waals surface area contributed by atoms with E-state index in [9.17, 15) is 17.6 Å². The van der Waals surface area contributed by atoms with Crippen molar-refractivity contribution in [3.63, 3.8) is 0 Å². The van der Waals surface area contributed by atoms with Crippen molar-refractivity contribution < 1.29 is 17.6 Å². The van der Waals surface area contributed by atoms with Crippen molar-refractivity contribution in [3.05, 3.63) is 29.6 Å². The van der Waals surface area contributed by atoms with Crippen LogP contribution in [0.4, 0.5) is 10.1 Å². The fourth-order valence-electron chi connectivity index (χ4n) is 4.76. The van der Waals surface area contributed by atoms with E-state index in [4.69, 9.17) is 5.73 Å². The summed E-state index contributed by atoms with van der Waals surface area (Å²) < 4.78 is 40.5. The molecule has 7 nitrogen and oxygen atoms in total. The van der Waals surface area contributed by atoms with Crippen LogP contribution in [0.1, 0.15) is 55.8 Å². The minimum Gasteiger partial charge on any atom is -0.398 e. The zero-order chi connectivity index (χ0) is 21.8. The van der Waals surface area contributed by atoms with Gasteiger partial charge in [-0.1, -0.05) is 32.3 Å². The van der Waals surface area contributed by atoms with Crippen LogP contribution in [0.5, 0.6) is 0 Å². The highest BCUT2D eigenvalue weighted by Crippen LogP contribution is 2.34. The van der Waals surface area contributed by atoms with Crippen LogP contribution in [-0.4, -0.2) is 67.5 Å². The number of benzene rings is 1. The van der Waals surface area contributed by atoms with Gasteiger partial charge < -0.3 is 11.1 Å². The standard InChI is InChI=1S/C21H33FN4O3S.ClH/c1-2-15-30(28,29)26-13-11-25(12-14-26)21(9-4-3-5-10-21)16-24-20(27)19-17(22)7-6-8-18(19)23;/h6-8H,2-5,9-16,23H2,1H3,(H,24,27);1H. The molecular weight excluding hydrogens is 443 g/mol. The molecule has 0 spiro atoms. The van der Waals surface area contributed by atoms with E-state index in [-0.39, 0.29) is 34.9 Å². The predicted octanol–water partition coefficient (Wildman–Crippen LogP) is 2.62. The SMILES string of the molecule is CCCS(=O)(=O)N1CCN(C2(CNC(=O)c3c(N)cccc3F)CCCCC2)CC1.Cl. The quantitative estimate of drug-likeness (QED) is 0.590. The molecule has 176 valence electrons. The van der Waals surface area contributed by atoms with E-state index in [1.54, 1.807) is 4.31 Å². The average molecular weight is 477 g/mol. The van der Waals surface area contributed by atoms with Gasteiger partial charge in [0.15, 0.2) is 0 Å². The van der Waals surface area contributed by atoms with Crippen molar-refractivity contribution in [3.8, 4) is 0 Å². The normalized spacial score (nSPS) is 20.1. The zero-order valence-corrected chi connectivity index (χ0v) is 19.7. The summed E-state index contributed by atoms with van der Waals surface area (Å²) in [5.74, 6) is -0.946. The Morgan fingerprint density at radius 1 is 1.16 bits per heavy atom. The number of nitrogens with two attached hydrogens (primary N) is 1. The van der Waals surface area contributed by atoms with E-state index in [2.05, 4.69) is 10.2 Å². The summed E-state index contributed by atoms with van der Waals surface area (Å²) in [5, 5.41) is 2.92. The highest BCUT2D eigenvalue weighted by molar-refractivity contribution is 7.89. The Morgan fingerprint density at radius 3 is 2.39 bits per heavy atom. The first kappa shape index (κ1) is 25.8. The minimum absolute atomic E-state index is 0. The number of piperazine rings is 1. The number of hydrogen-bond donors (Lipinski definition) is 2. The van der Waals surface area contributed by atoms with E-state index >= 15 is 0 Å². The second-order valence-electron chi connectivity index (χ2n) is 8.37. The molecule has 0 bridgehead atoms. The summed E-state index contributed by atoms with van der Waals surface area (Å²) in [5.41, 5.74) is 5.60. The molecule has 10 heteroatoms. The van der Waals surface area contributed by atoms with Crippen LogP contribution in [0.3, 0.4) is 0 Å². The molecule has 1 amide bonds. The van der Waals surface area contributed by atoms with Crippen molar-refractivity contribution in [2.75, 3.05) is 44.2 Å². The van der Waals surface area contributed by atoms with E-state index < -0.39 is 21.7 Å². The first-order chi connectivity index (χ1) is 14.3. The zero-order valence-electron chi connectivity index (χ0n) is 18.1. The van der Waals surface area contributed by atoms with E-state index in [0.717, 1.165) is 32.1 Å². The minimum atomic E-state index is -3.20. The Labute approximate surface area is 191 Å². The van der Waals surface area contributed by atoms with Crippen molar-refractivity contribution in [2.45, 2.75) is 51.0 Å². The first-order valence-corrected chi connectivity index (χ1v) is 12.4. The molecule has 0 atom stereocenters. The number of anilines is 1. The Balaban J connectivity index is 0.00000341. The van der Waals surface area contributed by atoms with Crippen molar-refractivity contribution in [2.24, 2.45) is 0 Å². The lowest BCUT2D eigenvalue weighted by atomic mass is 9.79. The number of carbonyl (C=O) groups is 1. The van der Waals surface area contributed by atoms with Crippen LogP contribution in [0.15, 0.2) is 18.2 Å². The lowest BCUT2D eigenvalue weighted by molar-refractivity contribution is 0.0240. The van der Waals surface area contributed by atoms with Crippen LogP contribution < -0.4 is 11.1 Å². The monoisotopic (exact) mass is 476 g/mol. The Hall–Kier alpha value is -1.42. The van der Waals surface area contributed by atoms with Crippen molar-refractivity contribution >= 4 is 34.0 Å².